The van der Waals surface area contributed by atoms with Crippen molar-refractivity contribution in [2.75, 3.05) is 13.7 Å². The van der Waals surface area contributed by atoms with Crippen molar-refractivity contribution in [2.45, 2.75) is 57.6 Å². The highest BCUT2D eigenvalue weighted by atomic mass is 16.5. The van der Waals surface area contributed by atoms with Gasteiger partial charge in [-0.3, -0.25) is 4.68 Å². The zero-order valence-corrected chi connectivity index (χ0v) is 12.1. The molecule has 1 atom stereocenters. The molecule has 5 heteroatoms. The zero-order chi connectivity index (χ0) is 13.9. The average Bonchev–Trinajstić information content (AvgIpc) is 3.12. The number of aromatic nitrogens is 2. The lowest BCUT2D eigenvalue weighted by molar-refractivity contribution is 0.0591. The van der Waals surface area contributed by atoms with Gasteiger partial charge in [0.1, 0.15) is 0 Å². The highest BCUT2D eigenvalue weighted by Crippen LogP contribution is 2.26. The van der Waals surface area contributed by atoms with Gasteiger partial charge in [0.2, 0.25) is 0 Å². The number of fused-ring (bicyclic) bond motifs is 1. The Kier molecular flexibility index (Phi) is 4.05. The quantitative estimate of drug-likeness (QED) is 0.792. The van der Waals surface area contributed by atoms with Crippen molar-refractivity contribution in [3.8, 4) is 0 Å². The fourth-order valence-electron chi connectivity index (χ4n) is 3.25. The van der Waals surface area contributed by atoms with Gasteiger partial charge < -0.3 is 9.47 Å². The minimum Gasteiger partial charge on any atom is -0.464 e. The van der Waals surface area contributed by atoms with E-state index in [1.807, 2.05) is 4.68 Å². The van der Waals surface area contributed by atoms with Crippen LogP contribution in [0.5, 0.6) is 0 Å². The van der Waals surface area contributed by atoms with Crippen molar-refractivity contribution < 1.29 is 14.3 Å². The van der Waals surface area contributed by atoms with E-state index in [2.05, 4.69) is 5.10 Å². The number of ether oxygens (including phenoxy) is 2. The Morgan fingerprint density at radius 3 is 3.00 bits per heavy atom. The molecule has 1 fully saturated rings. The van der Waals surface area contributed by atoms with E-state index >= 15 is 0 Å². The molecule has 1 saturated heterocycles. The summed E-state index contributed by atoms with van der Waals surface area (Å²) < 4.78 is 12.5. The van der Waals surface area contributed by atoms with E-state index in [9.17, 15) is 4.79 Å². The van der Waals surface area contributed by atoms with E-state index in [1.54, 1.807) is 0 Å². The van der Waals surface area contributed by atoms with Gasteiger partial charge in [0.25, 0.3) is 0 Å². The second kappa shape index (κ2) is 5.95. The molecule has 1 aromatic rings. The van der Waals surface area contributed by atoms with Crippen LogP contribution in [0.1, 0.15) is 53.8 Å². The molecular formula is C15H22N2O3. The monoisotopic (exact) mass is 278 g/mol. The molecule has 1 aliphatic carbocycles. The molecule has 0 N–H and O–H groups in total. The van der Waals surface area contributed by atoms with Crippen molar-refractivity contribution in [3.63, 3.8) is 0 Å². The molecule has 3 rings (SSSR count). The first-order valence-electron chi connectivity index (χ1n) is 7.58. The van der Waals surface area contributed by atoms with Gasteiger partial charge in [-0.25, -0.2) is 4.79 Å². The first-order chi connectivity index (χ1) is 9.79. The summed E-state index contributed by atoms with van der Waals surface area (Å²) in [6.07, 6.45) is 7.93. The lowest BCUT2D eigenvalue weighted by Crippen LogP contribution is -2.14. The second-order valence-electron chi connectivity index (χ2n) is 5.62. The Balaban J connectivity index is 1.78. The third kappa shape index (κ3) is 2.59. The van der Waals surface area contributed by atoms with E-state index in [4.69, 9.17) is 9.47 Å². The molecule has 0 unspecified atom stereocenters. The Bertz CT molecular complexity index is 490. The normalized spacial score (nSPS) is 21.8. The number of methoxy groups -OCH3 is 1. The zero-order valence-electron chi connectivity index (χ0n) is 12.1. The Hall–Kier alpha value is -1.36. The summed E-state index contributed by atoms with van der Waals surface area (Å²) in [6.45, 7) is 1.72. The standard InChI is InChI=1S/C15H22N2O3/c1-19-15(18)14-12-6-2-3-7-13(12)17(16-14)9-8-11-5-4-10-20-11/h11H,2-10H2,1H3/t11-/m0/s1. The van der Waals surface area contributed by atoms with Crippen molar-refractivity contribution in [3.05, 3.63) is 17.0 Å². The summed E-state index contributed by atoms with van der Waals surface area (Å²) in [5.74, 6) is -0.306. The van der Waals surface area contributed by atoms with Gasteiger partial charge in [-0.05, 0) is 44.9 Å². The fraction of sp³-hybridized carbons (Fsp3) is 0.733. The van der Waals surface area contributed by atoms with Crippen LogP contribution in [-0.4, -0.2) is 35.6 Å². The van der Waals surface area contributed by atoms with Gasteiger partial charge in [0, 0.05) is 24.4 Å². The lowest BCUT2D eigenvalue weighted by Gasteiger charge is -2.15. The first-order valence-corrected chi connectivity index (χ1v) is 7.58. The Labute approximate surface area is 119 Å². The minimum absolute atomic E-state index is 0.306. The number of hydrogen-bond donors (Lipinski definition) is 0. The smallest absolute Gasteiger partial charge is 0.358 e. The van der Waals surface area contributed by atoms with E-state index in [0.717, 1.165) is 57.2 Å². The molecule has 20 heavy (non-hydrogen) atoms. The predicted octanol–water partition coefficient (Wildman–Crippen LogP) is 2.12. The van der Waals surface area contributed by atoms with Crippen molar-refractivity contribution in [2.24, 2.45) is 0 Å². The maximum Gasteiger partial charge on any atom is 0.358 e. The lowest BCUT2D eigenvalue weighted by atomic mass is 9.95. The van der Waals surface area contributed by atoms with E-state index in [1.165, 1.54) is 19.2 Å². The van der Waals surface area contributed by atoms with Crippen LogP contribution in [0.3, 0.4) is 0 Å². The van der Waals surface area contributed by atoms with E-state index in [-0.39, 0.29) is 5.97 Å². The summed E-state index contributed by atoms with van der Waals surface area (Å²) in [4.78, 5) is 11.8. The first kappa shape index (κ1) is 13.6. The minimum atomic E-state index is -0.306. The Morgan fingerprint density at radius 2 is 2.25 bits per heavy atom. The third-order valence-corrected chi connectivity index (χ3v) is 4.32. The topological polar surface area (TPSA) is 53.3 Å². The molecule has 0 amide bonds. The number of carbonyl (C=O) groups is 1. The summed E-state index contributed by atoms with van der Waals surface area (Å²) in [5.41, 5.74) is 2.86. The number of esters is 1. The molecule has 2 heterocycles. The molecule has 0 aromatic carbocycles. The molecular weight excluding hydrogens is 256 g/mol. The van der Waals surface area contributed by atoms with Gasteiger partial charge in [0.05, 0.1) is 13.2 Å². The summed E-state index contributed by atoms with van der Waals surface area (Å²) >= 11 is 0. The average molecular weight is 278 g/mol. The van der Waals surface area contributed by atoms with Crippen LogP contribution >= 0.6 is 0 Å². The van der Waals surface area contributed by atoms with Gasteiger partial charge in [-0.15, -0.1) is 0 Å². The third-order valence-electron chi connectivity index (χ3n) is 4.32. The van der Waals surface area contributed by atoms with Crippen molar-refractivity contribution in [1.82, 2.24) is 9.78 Å². The van der Waals surface area contributed by atoms with Crippen LogP contribution in [0.15, 0.2) is 0 Å². The maximum atomic E-state index is 11.8. The highest BCUT2D eigenvalue weighted by molar-refractivity contribution is 5.89. The second-order valence-corrected chi connectivity index (χ2v) is 5.62. The summed E-state index contributed by atoms with van der Waals surface area (Å²) in [7, 11) is 1.42. The summed E-state index contributed by atoms with van der Waals surface area (Å²) in [5, 5.41) is 4.51. The van der Waals surface area contributed by atoms with Gasteiger partial charge in [-0.1, -0.05) is 0 Å². The van der Waals surface area contributed by atoms with Gasteiger partial charge in [0.15, 0.2) is 5.69 Å². The van der Waals surface area contributed by atoms with E-state index in [0.29, 0.717) is 11.8 Å². The molecule has 1 aromatic heterocycles. The van der Waals surface area contributed by atoms with E-state index < -0.39 is 0 Å². The van der Waals surface area contributed by atoms with Crippen LogP contribution in [-0.2, 0) is 28.9 Å². The number of rotatable bonds is 4. The molecule has 1 aliphatic heterocycles. The van der Waals surface area contributed by atoms with Crippen LogP contribution in [0, 0.1) is 0 Å². The predicted molar refractivity (Wildman–Crippen MR) is 73.8 cm³/mol. The number of hydrogen-bond acceptors (Lipinski definition) is 4. The SMILES string of the molecule is COC(=O)c1nn(CC[C@@H]2CCCO2)c2c1CCCC2. The number of aryl methyl sites for hydroxylation is 1. The Morgan fingerprint density at radius 1 is 1.40 bits per heavy atom. The number of nitrogens with zero attached hydrogens (tertiary/aromatic N) is 2. The molecule has 5 nitrogen and oxygen atoms in total. The number of carbonyl (C=O) groups excluding carboxylic acids is 1. The van der Waals surface area contributed by atoms with Crippen molar-refractivity contribution >= 4 is 5.97 Å². The van der Waals surface area contributed by atoms with Crippen LogP contribution < -0.4 is 0 Å². The van der Waals surface area contributed by atoms with Gasteiger partial charge in [-0.2, -0.15) is 5.10 Å². The highest BCUT2D eigenvalue weighted by Gasteiger charge is 2.26. The maximum absolute atomic E-state index is 11.8. The summed E-state index contributed by atoms with van der Waals surface area (Å²) in [6, 6.07) is 0. The molecule has 0 bridgehead atoms. The van der Waals surface area contributed by atoms with Gasteiger partial charge >= 0.3 is 5.97 Å². The molecule has 0 radical (unpaired) electrons. The molecule has 0 spiro atoms. The molecule has 0 saturated carbocycles. The van der Waals surface area contributed by atoms with Crippen LogP contribution in [0.4, 0.5) is 0 Å². The van der Waals surface area contributed by atoms with Crippen LogP contribution in [0.2, 0.25) is 0 Å². The fourth-order valence-corrected chi connectivity index (χ4v) is 3.25. The molecule has 110 valence electrons. The molecule has 2 aliphatic rings. The van der Waals surface area contributed by atoms with Crippen LogP contribution in [0.25, 0.3) is 0 Å². The van der Waals surface area contributed by atoms with Crippen molar-refractivity contribution in [1.29, 1.82) is 0 Å². The largest absolute Gasteiger partial charge is 0.464 e.